The van der Waals surface area contributed by atoms with Crippen LogP contribution in [-0.2, 0) is 4.79 Å². The van der Waals surface area contributed by atoms with E-state index in [0.29, 0.717) is 16.9 Å². The van der Waals surface area contributed by atoms with Crippen molar-refractivity contribution in [2.24, 2.45) is 5.73 Å². The van der Waals surface area contributed by atoms with Crippen LogP contribution in [-0.4, -0.2) is 18.2 Å². The Morgan fingerprint density at radius 2 is 2.25 bits per heavy atom. The molecule has 0 amide bonds. The van der Waals surface area contributed by atoms with E-state index >= 15 is 0 Å². The second-order valence-corrected chi connectivity index (χ2v) is 3.49. The van der Waals surface area contributed by atoms with Gasteiger partial charge < -0.3 is 15.6 Å². The minimum atomic E-state index is -1.03. The van der Waals surface area contributed by atoms with Gasteiger partial charge in [-0.15, -0.1) is 0 Å². The predicted molar refractivity (Wildman–Crippen MR) is 56.9 cm³/mol. The maximum atomic E-state index is 13.3. The van der Waals surface area contributed by atoms with Gasteiger partial charge in [-0.3, -0.25) is 4.79 Å². The molecule has 0 aliphatic heterocycles. The molecule has 5 heteroatoms. The number of rotatable bonds is 4. The number of carboxylic acids is 1. The molecule has 16 heavy (non-hydrogen) atoms. The van der Waals surface area contributed by atoms with Crippen LogP contribution in [0.2, 0.25) is 0 Å². The van der Waals surface area contributed by atoms with Crippen molar-refractivity contribution < 1.29 is 19.0 Å². The molecule has 1 aromatic rings. The lowest BCUT2D eigenvalue weighted by Gasteiger charge is -2.17. The summed E-state index contributed by atoms with van der Waals surface area (Å²) in [4.78, 5) is 10.6. The van der Waals surface area contributed by atoms with E-state index in [1.165, 1.54) is 19.2 Å². The van der Waals surface area contributed by atoms with Crippen LogP contribution < -0.4 is 10.5 Å². The number of hydrogen-bond acceptors (Lipinski definition) is 3. The lowest BCUT2D eigenvalue weighted by Crippen LogP contribution is -2.17. The number of halogens is 1. The van der Waals surface area contributed by atoms with E-state index in [1.54, 1.807) is 6.92 Å². The molecule has 4 nitrogen and oxygen atoms in total. The van der Waals surface area contributed by atoms with E-state index in [2.05, 4.69) is 0 Å². The first-order valence-electron chi connectivity index (χ1n) is 4.77. The molecule has 0 bridgehead atoms. The molecule has 0 heterocycles. The Balaban J connectivity index is 3.18. The van der Waals surface area contributed by atoms with Crippen LogP contribution in [0, 0.1) is 12.7 Å². The number of hydrogen-bond donors (Lipinski definition) is 2. The fourth-order valence-corrected chi connectivity index (χ4v) is 1.61. The van der Waals surface area contributed by atoms with Gasteiger partial charge in [0.1, 0.15) is 11.6 Å². The average molecular weight is 227 g/mol. The summed E-state index contributed by atoms with van der Waals surface area (Å²) < 4.78 is 18.4. The third-order valence-corrected chi connectivity index (χ3v) is 2.39. The molecular formula is C11H14FNO3. The average Bonchev–Trinajstić information content (AvgIpc) is 2.20. The molecule has 3 N–H and O–H groups in total. The molecule has 0 spiro atoms. The van der Waals surface area contributed by atoms with Crippen LogP contribution in [0.5, 0.6) is 5.75 Å². The summed E-state index contributed by atoms with van der Waals surface area (Å²) in [6.45, 7) is 1.55. The lowest BCUT2D eigenvalue weighted by molar-refractivity contribution is -0.137. The molecule has 0 saturated carbocycles. The summed E-state index contributed by atoms with van der Waals surface area (Å²) >= 11 is 0. The summed E-state index contributed by atoms with van der Waals surface area (Å²) in [7, 11) is 1.43. The predicted octanol–water partition coefficient (Wildman–Crippen LogP) is 1.62. The highest BCUT2D eigenvalue weighted by molar-refractivity contribution is 5.68. The number of benzene rings is 1. The summed E-state index contributed by atoms with van der Waals surface area (Å²) in [6.07, 6.45) is -0.263. The van der Waals surface area contributed by atoms with Crippen LogP contribution in [0.1, 0.15) is 23.6 Å². The number of ether oxygens (including phenoxy) is 1. The Hall–Kier alpha value is -1.62. The highest BCUT2D eigenvalue weighted by Crippen LogP contribution is 2.30. The van der Waals surface area contributed by atoms with Crippen molar-refractivity contribution in [2.75, 3.05) is 7.11 Å². The van der Waals surface area contributed by atoms with Gasteiger partial charge in [0.25, 0.3) is 0 Å². The number of carboxylic acid groups (broad SMARTS) is 1. The van der Waals surface area contributed by atoms with Gasteiger partial charge in [-0.1, -0.05) is 0 Å². The van der Waals surface area contributed by atoms with Crippen LogP contribution in [0.25, 0.3) is 0 Å². The van der Waals surface area contributed by atoms with E-state index in [0.717, 1.165) is 0 Å². The molecule has 0 radical (unpaired) electrons. The fourth-order valence-electron chi connectivity index (χ4n) is 1.61. The van der Waals surface area contributed by atoms with Crippen molar-refractivity contribution >= 4 is 5.97 Å². The van der Waals surface area contributed by atoms with Crippen molar-refractivity contribution in [2.45, 2.75) is 19.4 Å². The second kappa shape index (κ2) is 4.94. The van der Waals surface area contributed by atoms with Crippen LogP contribution in [0.15, 0.2) is 12.1 Å². The van der Waals surface area contributed by atoms with E-state index in [1.807, 2.05) is 0 Å². The Kier molecular flexibility index (Phi) is 3.84. The molecule has 0 aliphatic rings. The van der Waals surface area contributed by atoms with Gasteiger partial charge >= 0.3 is 5.97 Å². The molecule has 1 unspecified atom stereocenters. The maximum absolute atomic E-state index is 13.3. The van der Waals surface area contributed by atoms with Crippen molar-refractivity contribution in [1.82, 2.24) is 0 Å². The summed E-state index contributed by atoms with van der Waals surface area (Å²) in [5.74, 6) is -1.04. The Bertz CT molecular complexity index is 406. The largest absolute Gasteiger partial charge is 0.496 e. The standard InChI is InChI=1S/C11H14FNO3/c1-6-7(12)3-4-9(16-2)11(6)8(13)5-10(14)15/h3-4,8H,5,13H2,1-2H3,(H,14,15). The van der Waals surface area contributed by atoms with Gasteiger partial charge in [-0.2, -0.15) is 0 Å². The van der Waals surface area contributed by atoms with Gasteiger partial charge in [0, 0.05) is 11.6 Å². The Labute approximate surface area is 92.8 Å². The van der Waals surface area contributed by atoms with Crippen molar-refractivity contribution in [1.29, 1.82) is 0 Å². The highest BCUT2D eigenvalue weighted by Gasteiger charge is 2.19. The minimum Gasteiger partial charge on any atom is -0.496 e. The van der Waals surface area contributed by atoms with E-state index in [4.69, 9.17) is 15.6 Å². The molecule has 1 atom stereocenters. The molecular weight excluding hydrogens is 213 g/mol. The van der Waals surface area contributed by atoms with Gasteiger partial charge in [-0.05, 0) is 24.6 Å². The van der Waals surface area contributed by atoms with Crippen LogP contribution >= 0.6 is 0 Å². The molecule has 0 aliphatic carbocycles. The van der Waals surface area contributed by atoms with E-state index in [9.17, 15) is 9.18 Å². The SMILES string of the molecule is COc1ccc(F)c(C)c1C(N)CC(=O)O. The van der Waals surface area contributed by atoms with Gasteiger partial charge in [0.2, 0.25) is 0 Å². The van der Waals surface area contributed by atoms with Crippen molar-refractivity contribution in [3.63, 3.8) is 0 Å². The zero-order valence-electron chi connectivity index (χ0n) is 9.16. The third-order valence-electron chi connectivity index (χ3n) is 2.39. The lowest BCUT2D eigenvalue weighted by atomic mass is 9.98. The van der Waals surface area contributed by atoms with Crippen molar-refractivity contribution in [3.05, 3.63) is 29.1 Å². The molecule has 0 saturated heterocycles. The molecule has 1 aromatic carbocycles. The number of methoxy groups -OCH3 is 1. The fraction of sp³-hybridized carbons (Fsp3) is 0.364. The third kappa shape index (κ3) is 2.49. The van der Waals surface area contributed by atoms with Gasteiger partial charge in [0.15, 0.2) is 0 Å². The van der Waals surface area contributed by atoms with E-state index in [-0.39, 0.29) is 6.42 Å². The zero-order valence-corrected chi connectivity index (χ0v) is 9.16. The summed E-state index contributed by atoms with van der Waals surface area (Å²) in [5, 5.41) is 8.65. The zero-order chi connectivity index (χ0) is 12.3. The van der Waals surface area contributed by atoms with Gasteiger partial charge in [-0.25, -0.2) is 4.39 Å². The molecule has 88 valence electrons. The van der Waals surface area contributed by atoms with E-state index < -0.39 is 17.8 Å². The number of nitrogens with two attached hydrogens (primary N) is 1. The Morgan fingerprint density at radius 3 is 2.75 bits per heavy atom. The first kappa shape index (κ1) is 12.4. The number of aliphatic carboxylic acids is 1. The molecule has 0 aromatic heterocycles. The maximum Gasteiger partial charge on any atom is 0.305 e. The first-order chi connectivity index (χ1) is 7.47. The molecule has 1 rings (SSSR count). The summed E-state index contributed by atoms with van der Waals surface area (Å²) in [5.41, 5.74) is 6.45. The molecule has 0 fully saturated rings. The second-order valence-electron chi connectivity index (χ2n) is 3.49. The van der Waals surface area contributed by atoms with Crippen LogP contribution in [0.4, 0.5) is 4.39 Å². The minimum absolute atomic E-state index is 0.263. The smallest absolute Gasteiger partial charge is 0.305 e. The quantitative estimate of drug-likeness (QED) is 0.819. The van der Waals surface area contributed by atoms with Gasteiger partial charge in [0.05, 0.1) is 13.5 Å². The topological polar surface area (TPSA) is 72.5 Å². The Morgan fingerprint density at radius 1 is 1.62 bits per heavy atom. The first-order valence-corrected chi connectivity index (χ1v) is 4.77. The normalized spacial score (nSPS) is 12.2. The highest BCUT2D eigenvalue weighted by atomic mass is 19.1. The summed E-state index contributed by atoms with van der Waals surface area (Å²) in [6, 6.07) is 1.94. The van der Waals surface area contributed by atoms with Crippen LogP contribution in [0.3, 0.4) is 0 Å². The monoisotopic (exact) mass is 227 g/mol. The van der Waals surface area contributed by atoms with Crippen molar-refractivity contribution in [3.8, 4) is 5.75 Å². The number of carbonyl (C=O) groups is 1.